The number of rotatable bonds is 4. The van der Waals surface area contributed by atoms with Crippen molar-refractivity contribution in [3.63, 3.8) is 0 Å². The number of hydrogen-bond acceptors (Lipinski definition) is 3. The molecule has 2 rings (SSSR count). The van der Waals surface area contributed by atoms with Gasteiger partial charge in [0.2, 0.25) is 0 Å². The molecule has 16 heavy (non-hydrogen) atoms. The molecule has 1 aromatic carbocycles. The highest BCUT2D eigenvalue weighted by atomic mass is 15.1. The number of nitrogens with zero attached hydrogens (tertiary/aromatic N) is 1. The van der Waals surface area contributed by atoms with Crippen LogP contribution >= 0.6 is 0 Å². The molecule has 0 saturated carbocycles. The van der Waals surface area contributed by atoms with Crippen LogP contribution < -0.4 is 11.1 Å². The van der Waals surface area contributed by atoms with Crippen LogP contribution in [0.25, 0.3) is 0 Å². The van der Waals surface area contributed by atoms with E-state index in [-0.39, 0.29) is 0 Å². The van der Waals surface area contributed by atoms with Gasteiger partial charge >= 0.3 is 0 Å². The zero-order chi connectivity index (χ0) is 11.4. The summed E-state index contributed by atoms with van der Waals surface area (Å²) in [6.07, 6.45) is 1.16. The minimum absolute atomic E-state index is 0.725. The van der Waals surface area contributed by atoms with Crippen LogP contribution in [0.2, 0.25) is 0 Å². The normalized spacial score (nSPS) is 15.2. The van der Waals surface area contributed by atoms with Crippen molar-refractivity contribution < 1.29 is 0 Å². The molecule has 0 aromatic heterocycles. The van der Waals surface area contributed by atoms with Crippen LogP contribution in [-0.2, 0) is 19.5 Å². The minimum atomic E-state index is 0.725. The lowest BCUT2D eigenvalue weighted by Gasteiger charge is -2.20. The van der Waals surface area contributed by atoms with Crippen LogP contribution in [-0.4, -0.2) is 31.6 Å². The number of nitrogens with two attached hydrogens (primary N) is 1. The second kappa shape index (κ2) is 5.43. The summed E-state index contributed by atoms with van der Waals surface area (Å²) >= 11 is 0. The van der Waals surface area contributed by atoms with Gasteiger partial charge in [-0.3, -0.25) is 0 Å². The van der Waals surface area contributed by atoms with E-state index >= 15 is 0 Å². The summed E-state index contributed by atoms with van der Waals surface area (Å²) in [5, 5.41) is 3.41. The maximum atomic E-state index is 5.54. The Bertz CT molecular complexity index is 349. The number of hydrogen-bond donors (Lipinski definition) is 2. The molecular weight excluding hydrogens is 198 g/mol. The van der Waals surface area contributed by atoms with Crippen LogP contribution in [0.4, 0.5) is 0 Å². The molecule has 88 valence electrons. The monoisotopic (exact) mass is 219 g/mol. The van der Waals surface area contributed by atoms with Crippen LogP contribution in [0.5, 0.6) is 0 Å². The van der Waals surface area contributed by atoms with Crippen molar-refractivity contribution in [2.45, 2.75) is 19.5 Å². The summed E-state index contributed by atoms with van der Waals surface area (Å²) in [5.74, 6) is 0. The lowest BCUT2D eigenvalue weighted by molar-refractivity contribution is 0.336. The van der Waals surface area contributed by atoms with Gasteiger partial charge < -0.3 is 16.0 Å². The van der Waals surface area contributed by atoms with Gasteiger partial charge in [0, 0.05) is 26.2 Å². The molecule has 0 atom stereocenters. The van der Waals surface area contributed by atoms with Crippen molar-refractivity contribution in [3.05, 3.63) is 34.9 Å². The van der Waals surface area contributed by atoms with E-state index in [0.29, 0.717) is 0 Å². The summed E-state index contributed by atoms with van der Waals surface area (Å²) in [6.45, 7) is 4.80. The molecule has 1 heterocycles. The first-order valence-corrected chi connectivity index (χ1v) is 5.99. The second-order valence-corrected chi connectivity index (χ2v) is 4.56. The van der Waals surface area contributed by atoms with Crippen molar-refractivity contribution in [2.75, 3.05) is 26.7 Å². The standard InChI is InChI=1S/C13H21N3/c1-16(7-5-14)10-11-2-3-12-4-6-15-9-13(12)8-11/h2-3,8,15H,4-7,9-10,14H2,1H3. The van der Waals surface area contributed by atoms with E-state index in [1.807, 2.05) is 0 Å². The summed E-state index contributed by atoms with van der Waals surface area (Å²) in [6, 6.07) is 6.85. The quantitative estimate of drug-likeness (QED) is 0.784. The molecule has 0 spiro atoms. The van der Waals surface area contributed by atoms with Crippen molar-refractivity contribution in [1.82, 2.24) is 10.2 Å². The zero-order valence-electron chi connectivity index (χ0n) is 10.00. The van der Waals surface area contributed by atoms with E-state index in [9.17, 15) is 0 Å². The molecule has 0 fully saturated rings. The predicted molar refractivity (Wildman–Crippen MR) is 67.2 cm³/mol. The van der Waals surface area contributed by atoms with Gasteiger partial charge in [-0.1, -0.05) is 18.2 Å². The Morgan fingerprint density at radius 3 is 3.06 bits per heavy atom. The van der Waals surface area contributed by atoms with E-state index in [4.69, 9.17) is 5.73 Å². The third-order valence-electron chi connectivity index (χ3n) is 3.12. The van der Waals surface area contributed by atoms with Crippen LogP contribution in [0, 0.1) is 0 Å². The average molecular weight is 219 g/mol. The molecule has 1 aromatic rings. The Morgan fingerprint density at radius 1 is 1.38 bits per heavy atom. The van der Waals surface area contributed by atoms with Gasteiger partial charge in [0.05, 0.1) is 0 Å². The first-order chi connectivity index (χ1) is 7.79. The van der Waals surface area contributed by atoms with Crippen LogP contribution in [0.15, 0.2) is 18.2 Å². The van der Waals surface area contributed by atoms with Gasteiger partial charge in [0.1, 0.15) is 0 Å². The van der Waals surface area contributed by atoms with Gasteiger partial charge in [-0.15, -0.1) is 0 Å². The number of nitrogens with one attached hydrogen (secondary N) is 1. The molecule has 0 bridgehead atoms. The highest BCUT2D eigenvalue weighted by Crippen LogP contribution is 2.16. The number of likely N-dealkylation sites (N-methyl/N-ethyl adjacent to an activating group) is 1. The fourth-order valence-electron chi connectivity index (χ4n) is 2.24. The molecule has 0 saturated heterocycles. The lowest BCUT2D eigenvalue weighted by atomic mass is 9.98. The van der Waals surface area contributed by atoms with Gasteiger partial charge in [-0.05, 0) is 36.7 Å². The Balaban J connectivity index is 2.05. The molecule has 3 heteroatoms. The molecule has 1 aliphatic rings. The summed E-state index contributed by atoms with van der Waals surface area (Å²) in [5.41, 5.74) is 9.90. The molecule has 1 aliphatic heterocycles. The van der Waals surface area contributed by atoms with Gasteiger partial charge in [0.15, 0.2) is 0 Å². The van der Waals surface area contributed by atoms with Gasteiger partial charge in [-0.2, -0.15) is 0 Å². The average Bonchev–Trinajstić information content (AvgIpc) is 2.29. The Kier molecular flexibility index (Phi) is 3.93. The molecule has 3 nitrogen and oxygen atoms in total. The molecule has 0 amide bonds. The minimum Gasteiger partial charge on any atom is -0.329 e. The van der Waals surface area contributed by atoms with E-state index in [0.717, 1.165) is 39.1 Å². The zero-order valence-corrected chi connectivity index (χ0v) is 10.00. The van der Waals surface area contributed by atoms with Crippen LogP contribution in [0.3, 0.4) is 0 Å². The highest BCUT2D eigenvalue weighted by molar-refractivity contribution is 5.33. The summed E-state index contributed by atoms with van der Waals surface area (Å²) < 4.78 is 0. The largest absolute Gasteiger partial charge is 0.329 e. The van der Waals surface area contributed by atoms with E-state index in [2.05, 4.69) is 35.5 Å². The van der Waals surface area contributed by atoms with Gasteiger partial charge in [-0.25, -0.2) is 0 Å². The Morgan fingerprint density at radius 2 is 2.25 bits per heavy atom. The lowest BCUT2D eigenvalue weighted by Crippen LogP contribution is -2.26. The molecule has 0 radical (unpaired) electrons. The summed E-state index contributed by atoms with van der Waals surface area (Å²) in [4.78, 5) is 2.26. The molecular formula is C13H21N3. The third-order valence-corrected chi connectivity index (χ3v) is 3.12. The van der Waals surface area contributed by atoms with Crippen molar-refractivity contribution in [1.29, 1.82) is 0 Å². The Labute approximate surface area is 97.6 Å². The topological polar surface area (TPSA) is 41.3 Å². The van der Waals surface area contributed by atoms with Gasteiger partial charge in [0.25, 0.3) is 0 Å². The van der Waals surface area contributed by atoms with Crippen LogP contribution in [0.1, 0.15) is 16.7 Å². The molecule has 0 unspecified atom stereocenters. The van der Waals surface area contributed by atoms with Crippen molar-refractivity contribution in [3.8, 4) is 0 Å². The molecule has 3 N–H and O–H groups in total. The predicted octanol–water partition coefficient (Wildman–Crippen LogP) is 0.723. The van der Waals surface area contributed by atoms with Crippen molar-refractivity contribution >= 4 is 0 Å². The second-order valence-electron chi connectivity index (χ2n) is 4.56. The van der Waals surface area contributed by atoms with E-state index in [1.54, 1.807) is 0 Å². The maximum absolute atomic E-state index is 5.54. The SMILES string of the molecule is CN(CCN)Cc1ccc2c(c1)CNCC2. The fourth-order valence-corrected chi connectivity index (χ4v) is 2.24. The Hall–Kier alpha value is -0.900. The number of fused-ring (bicyclic) bond motifs is 1. The van der Waals surface area contributed by atoms with Crippen molar-refractivity contribution in [2.24, 2.45) is 5.73 Å². The smallest absolute Gasteiger partial charge is 0.0231 e. The third kappa shape index (κ3) is 2.82. The maximum Gasteiger partial charge on any atom is 0.0231 e. The molecule has 0 aliphatic carbocycles. The highest BCUT2D eigenvalue weighted by Gasteiger charge is 2.09. The first kappa shape index (κ1) is 11.6. The van der Waals surface area contributed by atoms with E-state index < -0.39 is 0 Å². The number of benzene rings is 1. The van der Waals surface area contributed by atoms with E-state index in [1.165, 1.54) is 16.7 Å². The summed E-state index contributed by atoms with van der Waals surface area (Å²) in [7, 11) is 2.12. The fraction of sp³-hybridized carbons (Fsp3) is 0.538. The first-order valence-electron chi connectivity index (χ1n) is 5.99.